The van der Waals surface area contributed by atoms with Crippen LogP contribution in [0.15, 0.2) is 88.7 Å². The van der Waals surface area contributed by atoms with Gasteiger partial charge in [0.25, 0.3) is 0 Å². The summed E-state index contributed by atoms with van der Waals surface area (Å²) < 4.78 is 0. The number of amides is 2. The minimum atomic E-state index is -0.848. The van der Waals surface area contributed by atoms with Gasteiger partial charge in [0.05, 0.1) is 12.5 Å². The monoisotopic (exact) mass is 462 g/mol. The van der Waals surface area contributed by atoms with E-state index >= 15 is 0 Å². The normalized spacial score (nSPS) is 11.6. The number of nitrogens with zero attached hydrogens (tertiary/aromatic N) is 1. The van der Waals surface area contributed by atoms with E-state index in [2.05, 4.69) is 19.2 Å². The molecule has 0 aliphatic carbocycles. The lowest BCUT2D eigenvalue weighted by Crippen LogP contribution is -2.37. The third kappa shape index (κ3) is 7.39. The molecule has 0 saturated carbocycles. The number of benzene rings is 3. The first-order valence-electron chi connectivity index (χ1n) is 11.2. The van der Waals surface area contributed by atoms with E-state index in [0.717, 1.165) is 39.4 Å². The van der Waals surface area contributed by atoms with Crippen molar-refractivity contribution in [2.75, 3.05) is 11.9 Å². The molecule has 3 rings (SSSR count). The third-order valence-corrected chi connectivity index (χ3v) is 6.32. The number of rotatable bonds is 10. The molecule has 0 aliphatic rings. The zero-order chi connectivity index (χ0) is 23.6. The molecule has 3 aromatic carbocycles. The summed E-state index contributed by atoms with van der Waals surface area (Å²) in [5.74, 6) is -0.848. The molecule has 0 saturated heterocycles. The zero-order valence-corrected chi connectivity index (χ0v) is 19.8. The van der Waals surface area contributed by atoms with Gasteiger partial charge >= 0.3 is 12.0 Å². The van der Waals surface area contributed by atoms with Crippen molar-refractivity contribution in [1.29, 1.82) is 0 Å². The Labute approximate surface area is 199 Å². The smallest absolute Gasteiger partial charge is 0.322 e. The number of nitrogens with one attached hydrogen (secondary N) is 1. The number of unbranched alkanes of at least 4 members (excludes halogenated alkanes) is 1. The first kappa shape index (κ1) is 24.4. The molecule has 6 heteroatoms. The Balaban J connectivity index is 1.72. The van der Waals surface area contributed by atoms with Crippen molar-refractivity contribution in [1.82, 2.24) is 4.90 Å². The van der Waals surface area contributed by atoms with Crippen LogP contribution in [0.25, 0.3) is 0 Å². The van der Waals surface area contributed by atoms with Gasteiger partial charge in [0.15, 0.2) is 0 Å². The molecule has 0 bridgehead atoms. The fourth-order valence-corrected chi connectivity index (χ4v) is 4.53. The molecular weight excluding hydrogens is 432 g/mol. The maximum atomic E-state index is 13.2. The van der Waals surface area contributed by atoms with Crippen molar-refractivity contribution in [2.24, 2.45) is 0 Å². The Morgan fingerprint density at radius 3 is 2.36 bits per heavy atom. The van der Waals surface area contributed by atoms with Crippen LogP contribution in [0.5, 0.6) is 0 Å². The van der Waals surface area contributed by atoms with E-state index in [4.69, 9.17) is 5.11 Å². The summed E-state index contributed by atoms with van der Waals surface area (Å²) in [6.07, 6.45) is 1.95. The summed E-state index contributed by atoms with van der Waals surface area (Å²) in [7, 11) is 0. The lowest BCUT2D eigenvalue weighted by molar-refractivity contribution is -0.136. The Bertz CT molecular complexity index is 1070. The molecule has 1 unspecified atom stereocenters. The number of carbonyl (C=O) groups is 2. The first-order valence-corrected chi connectivity index (χ1v) is 12.0. The second-order valence-corrected chi connectivity index (χ2v) is 9.06. The molecule has 5 nitrogen and oxygen atoms in total. The number of urea groups is 1. The van der Waals surface area contributed by atoms with Crippen LogP contribution in [0.3, 0.4) is 0 Å². The van der Waals surface area contributed by atoms with E-state index in [1.807, 2.05) is 83.8 Å². The van der Waals surface area contributed by atoms with Crippen LogP contribution in [0.4, 0.5) is 10.5 Å². The van der Waals surface area contributed by atoms with Gasteiger partial charge < -0.3 is 15.3 Å². The summed E-state index contributed by atoms with van der Waals surface area (Å²) >= 11 is 1.54. The molecule has 172 valence electrons. The van der Waals surface area contributed by atoms with Crippen molar-refractivity contribution < 1.29 is 14.7 Å². The molecule has 0 spiro atoms. The second-order valence-electron chi connectivity index (χ2n) is 7.91. The summed E-state index contributed by atoms with van der Waals surface area (Å²) in [5, 5.41) is 12.1. The fraction of sp³-hybridized carbons (Fsp3) is 0.259. The Kier molecular flexibility index (Phi) is 8.95. The highest BCUT2D eigenvalue weighted by molar-refractivity contribution is 7.99. The Morgan fingerprint density at radius 1 is 0.970 bits per heavy atom. The molecule has 0 heterocycles. The molecule has 3 aromatic rings. The van der Waals surface area contributed by atoms with Crippen LogP contribution in [0, 0.1) is 0 Å². The minimum absolute atomic E-state index is 0.00229. The number of carboxylic acid groups (broad SMARTS) is 1. The van der Waals surface area contributed by atoms with Crippen molar-refractivity contribution in [3.8, 4) is 0 Å². The van der Waals surface area contributed by atoms with Crippen LogP contribution >= 0.6 is 11.8 Å². The maximum Gasteiger partial charge on any atom is 0.322 e. The van der Waals surface area contributed by atoms with E-state index in [1.54, 1.807) is 0 Å². The van der Waals surface area contributed by atoms with Crippen LogP contribution in [0.1, 0.15) is 43.9 Å². The van der Waals surface area contributed by atoms with Crippen LogP contribution in [-0.2, 0) is 11.2 Å². The molecule has 0 aliphatic heterocycles. The van der Waals surface area contributed by atoms with Crippen molar-refractivity contribution in [3.05, 3.63) is 90.0 Å². The van der Waals surface area contributed by atoms with Crippen LogP contribution in [-0.4, -0.2) is 28.6 Å². The topological polar surface area (TPSA) is 69.6 Å². The van der Waals surface area contributed by atoms with E-state index in [-0.39, 0.29) is 18.5 Å². The quantitative estimate of drug-likeness (QED) is 0.345. The third-order valence-electron chi connectivity index (χ3n) is 5.34. The molecule has 33 heavy (non-hydrogen) atoms. The molecule has 0 fully saturated rings. The van der Waals surface area contributed by atoms with Gasteiger partial charge in [-0.1, -0.05) is 73.6 Å². The number of anilines is 1. The van der Waals surface area contributed by atoms with E-state index in [0.29, 0.717) is 6.54 Å². The SMILES string of the molecule is CCCCN(C(=O)Nc1cccc(Sc2cccc(CC(=O)O)c2)c1)C(C)c1ccccc1. The summed E-state index contributed by atoms with van der Waals surface area (Å²) in [5.41, 5.74) is 2.60. The molecular formula is C27H30N2O3S. The number of carbonyl (C=O) groups excluding carboxylic acids is 1. The molecule has 0 radical (unpaired) electrons. The largest absolute Gasteiger partial charge is 0.481 e. The van der Waals surface area contributed by atoms with E-state index in [1.165, 1.54) is 11.8 Å². The van der Waals surface area contributed by atoms with Crippen molar-refractivity contribution in [2.45, 2.75) is 48.9 Å². The van der Waals surface area contributed by atoms with E-state index in [9.17, 15) is 9.59 Å². The molecule has 1 atom stereocenters. The van der Waals surface area contributed by atoms with Gasteiger partial charge in [-0.2, -0.15) is 0 Å². The van der Waals surface area contributed by atoms with Crippen molar-refractivity contribution >= 4 is 29.4 Å². The van der Waals surface area contributed by atoms with Gasteiger partial charge in [-0.15, -0.1) is 0 Å². The van der Waals surface area contributed by atoms with Crippen LogP contribution < -0.4 is 5.32 Å². The molecule has 2 amide bonds. The Morgan fingerprint density at radius 2 is 1.67 bits per heavy atom. The van der Waals surface area contributed by atoms with Gasteiger partial charge in [-0.25, -0.2) is 4.79 Å². The highest BCUT2D eigenvalue weighted by atomic mass is 32.2. The lowest BCUT2D eigenvalue weighted by Gasteiger charge is -2.30. The first-order chi connectivity index (χ1) is 16.0. The number of aliphatic carboxylic acids is 1. The Hall–Kier alpha value is -3.25. The lowest BCUT2D eigenvalue weighted by atomic mass is 10.1. The van der Waals surface area contributed by atoms with Gasteiger partial charge in [0.2, 0.25) is 0 Å². The van der Waals surface area contributed by atoms with Crippen molar-refractivity contribution in [3.63, 3.8) is 0 Å². The number of hydrogen-bond donors (Lipinski definition) is 2. The maximum absolute atomic E-state index is 13.2. The standard InChI is InChI=1S/C27H30N2O3S/c1-3-4-16-29(20(2)22-11-6-5-7-12-22)27(32)28-23-13-9-15-25(19-23)33-24-14-8-10-21(17-24)18-26(30)31/h5-15,17,19-20H,3-4,16,18H2,1-2H3,(H,28,32)(H,30,31). The van der Waals surface area contributed by atoms with Gasteiger partial charge in [-0.05, 0) is 54.8 Å². The highest BCUT2D eigenvalue weighted by Crippen LogP contribution is 2.30. The molecule has 2 N–H and O–H groups in total. The average Bonchev–Trinajstić information content (AvgIpc) is 2.80. The zero-order valence-electron chi connectivity index (χ0n) is 19.0. The predicted octanol–water partition coefficient (Wildman–Crippen LogP) is 6.86. The highest BCUT2D eigenvalue weighted by Gasteiger charge is 2.21. The van der Waals surface area contributed by atoms with Gasteiger partial charge in [0, 0.05) is 22.0 Å². The van der Waals surface area contributed by atoms with Gasteiger partial charge in [0.1, 0.15) is 0 Å². The predicted molar refractivity (Wildman–Crippen MR) is 134 cm³/mol. The summed E-state index contributed by atoms with van der Waals surface area (Å²) in [4.78, 5) is 28.0. The number of carboxylic acids is 1. The number of hydrogen-bond acceptors (Lipinski definition) is 3. The molecule has 0 aromatic heterocycles. The van der Waals surface area contributed by atoms with E-state index < -0.39 is 5.97 Å². The van der Waals surface area contributed by atoms with Crippen LogP contribution in [0.2, 0.25) is 0 Å². The average molecular weight is 463 g/mol. The van der Waals surface area contributed by atoms with Gasteiger partial charge in [-0.3, -0.25) is 4.79 Å². The summed E-state index contributed by atoms with van der Waals surface area (Å²) in [6.45, 7) is 4.86. The fourth-order valence-electron chi connectivity index (χ4n) is 3.57. The second kappa shape index (κ2) is 12.1. The summed E-state index contributed by atoms with van der Waals surface area (Å²) in [6, 6.07) is 25.1. The minimum Gasteiger partial charge on any atom is -0.481 e.